The van der Waals surface area contributed by atoms with Gasteiger partial charge in [0, 0.05) is 36.4 Å². The molecule has 1 N–H and O–H groups in total. The molecule has 0 bridgehead atoms. The number of fused-ring (bicyclic) bond motifs is 1. The van der Waals surface area contributed by atoms with E-state index < -0.39 is 0 Å². The Labute approximate surface area is 159 Å². The summed E-state index contributed by atoms with van der Waals surface area (Å²) in [5.41, 5.74) is 2.52. The van der Waals surface area contributed by atoms with Crippen LogP contribution < -0.4 is 10.1 Å². The molecule has 1 aliphatic carbocycles. The standard InChI is InChI=1S/C22H25FN2O2/c23-20-12-17(16-7-4-8-24-13-16)10-18-11-19(27-22(18)20)14-25-21(26)9-15-5-2-1-3-6-15/h4,7-8,10,12-13,15,19H,1-3,5-6,9,11,14H2,(H,25,26). The number of halogens is 1. The molecule has 0 saturated heterocycles. The van der Waals surface area contributed by atoms with E-state index in [9.17, 15) is 9.18 Å². The Morgan fingerprint density at radius 1 is 1.22 bits per heavy atom. The van der Waals surface area contributed by atoms with E-state index in [-0.39, 0.29) is 17.8 Å². The molecule has 1 atom stereocenters. The lowest BCUT2D eigenvalue weighted by Gasteiger charge is -2.21. The number of carbonyl (C=O) groups excluding carboxylic acids is 1. The number of benzene rings is 1. The van der Waals surface area contributed by atoms with E-state index in [1.165, 1.54) is 25.3 Å². The number of amides is 1. The van der Waals surface area contributed by atoms with Gasteiger partial charge in [-0.05, 0) is 42.5 Å². The molecule has 1 amide bonds. The molecule has 2 aliphatic rings. The third-order valence-corrected chi connectivity index (χ3v) is 5.57. The highest BCUT2D eigenvalue weighted by molar-refractivity contribution is 5.76. The van der Waals surface area contributed by atoms with Crippen molar-refractivity contribution in [2.24, 2.45) is 5.92 Å². The summed E-state index contributed by atoms with van der Waals surface area (Å²) in [4.78, 5) is 16.3. The minimum Gasteiger partial charge on any atom is -0.485 e. The fourth-order valence-electron chi connectivity index (χ4n) is 4.15. The summed E-state index contributed by atoms with van der Waals surface area (Å²) in [6.07, 6.45) is 10.5. The van der Waals surface area contributed by atoms with Crippen LogP contribution in [0.25, 0.3) is 11.1 Å². The van der Waals surface area contributed by atoms with Crippen LogP contribution in [-0.4, -0.2) is 23.5 Å². The highest BCUT2D eigenvalue weighted by Crippen LogP contribution is 2.35. The molecule has 5 heteroatoms. The first-order chi connectivity index (χ1) is 13.2. The van der Waals surface area contributed by atoms with E-state index >= 15 is 0 Å². The SMILES string of the molecule is O=C(CC1CCCCC1)NCC1Cc2cc(-c3cccnc3)cc(F)c2O1. The lowest BCUT2D eigenvalue weighted by atomic mass is 9.87. The van der Waals surface area contributed by atoms with Gasteiger partial charge in [-0.1, -0.05) is 25.3 Å². The molecule has 27 heavy (non-hydrogen) atoms. The number of hydrogen-bond donors (Lipinski definition) is 1. The van der Waals surface area contributed by atoms with E-state index in [0.717, 1.165) is 29.5 Å². The topological polar surface area (TPSA) is 51.2 Å². The average Bonchev–Trinajstić information content (AvgIpc) is 3.12. The van der Waals surface area contributed by atoms with Crippen molar-refractivity contribution in [3.63, 3.8) is 0 Å². The Kier molecular flexibility index (Phi) is 5.37. The molecule has 1 aliphatic heterocycles. The molecular formula is C22H25FN2O2. The summed E-state index contributed by atoms with van der Waals surface area (Å²) in [6.45, 7) is 0.419. The maximum atomic E-state index is 14.5. The lowest BCUT2D eigenvalue weighted by Crippen LogP contribution is -2.35. The fourth-order valence-corrected chi connectivity index (χ4v) is 4.15. The zero-order valence-corrected chi connectivity index (χ0v) is 15.4. The zero-order valence-electron chi connectivity index (χ0n) is 15.4. The first-order valence-corrected chi connectivity index (χ1v) is 9.85. The molecule has 4 nitrogen and oxygen atoms in total. The molecule has 1 unspecified atom stereocenters. The predicted molar refractivity (Wildman–Crippen MR) is 102 cm³/mol. The summed E-state index contributed by atoms with van der Waals surface area (Å²) >= 11 is 0. The minimum absolute atomic E-state index is 0.0815. The second-order valence-electron chi connectivity index (χ2n) is 7.64. The second kappa shape index (κ2) is 8.07. The quantitative estimate of drug-likeness (QED) is 0.857. The van der Waals surface area contributed by atoms with Crippen molar-refractivity contribution < 1.29 is 13.9 Å². The van der Waals surface area contributed by atoms with E-state index in [4.69, 9.17) is 4.74 Å². The molecule has 4 rings (SSSR count). The van der Waals surface area contributed by atoms with Gasteiger partial charge < -0.3 is 10.1 Å². The van der Waals surface area contributed by atoms with Gasteiger partial charge in [-0.15, -0.1) is 0 Å². The number of ether oxygens (including phenoxy) is 1. The van der Waals surface area contributed by atoms with Crippen molar-refractivity contribution in [1.29, 1.82) is 0 Å². The normalized spacial score (nSPS) is 19.4. The van der Waals surface area contributed by atoms with Crippen molar-refractivity contribution in [2.45, 2.75) is 51.0 Å². The lowest BCUT2D eigenvalue weighted by molar-refractivity contribution is -0.122. The number of rotatable bonds is 5. The number of hydrogen-bond acceptors (Lipinski definition) is 3. The zero-order chi connectivity index (χ0) is 18.6. The Balaban J connectivity index is 1.35. The van der Waals surface area contributed by atoms with Gasteiger partial charge in [0.1, 0.15) is 6.10 Å². The van der Waals surface area contributed by atoms with E-state index in [2.05, 4.69) is 10.3 Å². The van der Waals surface area contributed by atoms with E-state index in [1.54, 1.807) is 12.4 Å². The van der Waals surface area contributed by atoms with Crippen molar-refractivity contribution in [3.05, 3.63) is 48.0 Å². The van der Waals surface area contributed by atoms with Crippen LogP contribution in [0.1, 0.15) is 44.1 Å². The first-order valence-electron chi connectivity index (χ1n) is 9.85. The predicted octanol–water partition coefficient (Wildman–Crippen LogP) is 4.28. The molecule has 2 heterocycles. The second-order valence-corrected chi connectivity index (χ2v) is 7.64. The average molecular weight is 368 g/mol. The smallest absolute Gasteiger partial charge is 0.220 e. The van der Waals surface area contributed by atoms with Crippen molar-refractivity contribution in [2.75, 3.05) is 6.54 Å². The van der Waals surface area contributed by atoms with Crippen LogP contribution in [0, 0.1) is 11.7 Å². The summed E-state index contributed by atoms with van der Waals surface area (Å²) < 4.78 is 20.2. The molecule has 0 spiro atoms. The van der Waals surface area contributed by atoms with Gasteiger partial charge in [0.2, 0.25) is 5.91 Å². The molecule has 142 valence electrons. The highest BCUT2D eigenvalue weighted by atomic mass is 19.1. The van der Waals surface area contributed by atoms with Crippen molar-refractivity contribution in [3.8, 4) is 16.9 Å². The van der Waals surface area contributed by atoms with Crippen LogP contribution >= 0.6 is 0 Å². The summed E-state index contributed by atoms with van der Waals surface area (Å²) in [5, 5.41) is 2.98. The van der Waals surface area contributed by atoms with Crippen molar-refractivity contribution in [1.82, 2.24) is 10.3 Å². The number of nitrogens with one attached hydrogen (secondary N) is 1. The summed E-state index contributed by atoms with van der Waals surface area (Å²) in [5.74, 6) is 0.550. The van der Waals surface area contributed by atoms with Crippen molar-refractivity contribution >= 4 is 5.91 Å². The van der Waals surface area contributed by atoms with Crippen LogP contribution in [0.5, 0.6) is 5.75 Å². The first kappa shape index (κ1) is 18.0. The van der Waals surface area contributed by atoms with Crippen LogP contribution in [0.15, 0.2) is 36.7 Å². The number of nitrogens with zero attached hydrogens (tertiary/aromatic N) is 1. The summed E-state index contributed by atoms with van der Waals surface area (Å²) in [6, 6.07) is 7.19. The molecule has 1 fully saturated rings. The molecule has 1 saturated carbocycles. The van der Waals surface area contributed by atoms with Gasteiger partial charge >= 0.3 is 0 Å². The van der Waals surface area contributed by atoms with E-state index in [1.807, 2.05) is 18.2 Å². The van der Waals surface area contributed by atoms with Gasteiger partial charge in [0.05, 0.1) is 6.54 Å². The van der Waals surface area contributed by atoms with Gasteiger partial charge in [-0.2, -0.15) is 0 Å². The maximum absolute atomic E-state index is 14.5. The summed E-state index contributed by atoms with van der Waals surface area (Å²) in [7, 11) is 0. The van der Waals surface area contributed by atoms with Crippen LogP contribution in [0.3, 0.4) is 0 Å². The number of carbonyl (C=O) groups is 1. The maximum Gasteiger partial charge on any atom is 0.220 e. The van der Waals surface area contributed by atoms with Gasteiger partial charge in [-0.25, -0.2) is 4.39 Å². The van der Waals surface area contributed by atoms with E-state index in [0.29, 0.717) is 31.1 Å². The molecule has 1 aromatic carbocycles. The fraction of sp³-hybridized carbons (Fsp3) is 0.455. The van der Waals surface area contributed by atoms with Gasteiger partial charge in [0.15, 0.2) is 11.6 Å². The molecule has 2 aromatic rings. The number of pyridine rings is 1. The van der Waals surface area contributed by atoms with Crippen LogP contribution in [-0.2, 0) is 11.2 Å². The Bertz CT molecular complexity index is 803. The number of aromatic nitrogens is 1. The van der Waals surface area contributed by atoms with Gasteiger partial charge in [-0.3, -0.25) is 9.78 Å². The molecule has 1 aromatic heterocycles. The minimum atomic E-state index is -0.359. The molecular weight excluding hydrogens is 343 g/mol. The molecule has 0 radical (unpaired) electrons. The third kappa shape index (κ3) is 4.29. The van der Waals surface area contributed by atoms with Gasteiger partial charge in [0.25, 0.3) is 0 Å². The Hall–Kier alpha value is -2.43. The monoisotopic (exact) mass is 368 g/mol. The third-order valence-electron chi connectivity index (χ3n) is 5.57. The largest absolute Gasteiger partial charge is 0.485 e. The highest BCUT2D eigenvalue weighted by Gasteiger charge is 2.27. The van der Waals surface area contributed by atoms with Crippen LogP contribution in [0.4, 0.5) is 4.39 Å². The Morgan fingerprint density at radius 3 is 2.85 bits per heavy atom. The van der Waals surface area contributed by atoms with Crippen LogP contribution in [0.2, 0.25) is 0 Å². The Morgan fingerprint density at radius 2 is 2.07 bits per heavy atom.